The SMILES string of the molecule is CC.CC.CC.CC.CN(c1[c-]cccc1)c1[c-]cccc1.CN(c1ccccc1)c1ccccc1.[Y].[Y].[Y].[Y].[Y].[Y].[Y].[Y].[Y].[Y].[Y].[Y].[Y].[Y].[Y].[Y].[Y].[Y].[Y].[Y].[Y].[Y].[Y].[Y].[Y].[Y].[Y].[Y].[Y].[Y].[Y]. The third-order valence-electron chi connectivity index (χ3n) is 4.39. The van der Waals surface area contributed by atoms with Crippen molar-refractivity contribution >= 4 is 22.7 Å². The zero-order chi connectivity index (χ0) is 27.6. The Balaban J connectivity index is -0.00000000688. The van der Waals surface area contributed by atoms with E-state index in [0.29, 0.717) is 0 Å². The quantitative estimate of drug-likeness (QED) is 0.188. The first kappa shape index (κ1) is 218. The molecule has 0 unspecified atom stereocenters. The van der Waals surface area contributed by atoms with Crippen LogP contribution in [0.2, 0.25) is 0 Å². The van der Waals surface area contributed by atoms with Crippen molar-refractivity contribution in [2.24, 2.45) is 0 Å². The molecule has 4 aromatic carbocycles. The fourth-order valence-corrected chi connectivity index (χ4v) is 2.77. The molecule has 0 aliphatic rings. The van der Waals surface area contributed by atoms with Crippen LogP contribution in [-0.4, -0.2) is 14.1 Å². The van der Waals surface area contributed by atoms with Crippen molar-refractivity contribution in [2.75, 3.05) is 23.9 Å². The molecule has 31 radical (unpaired) electrons. The summed E-state index contributed by atoms with van der Waals surface area (Å²) in [7, 11) is 4.09. The molecule has 0 N–H and O–H groups in total. The van der Waals surface area contributed by atoms with Crippen molar-refractivity contribution in [1.29, 1.82) is 0 Å². The smallest absolute Gasteiger partial charge is 0.0408 e. The minimum Gasteiger partial charge on any atom is -0.391 e. The van der Waals surface area contributed by atoms with Crippen LogP contribution in [-0.2, 0) is 1010 Å². The molecule has 0 spiro atoms. The van der Waals surface area contributed by atoms with E-state index in [4.69, 9.17) is 0 Å². The molecule has 0 aromatic heterocycles. The van der Waals surface area contributed by atoms with Crippen molar-refractivity contribution in [3.63, 3.8) is 0 Å². The monoisotopic (exact) mass is 3240 g/mol. The fraction of sp³-hybridized carbons (Fsp3) is 0.294. The van der Waals surface area contributed by atoms with Gasteiger partial charge in [-0.05, 0) is 24.3 Å². The van der Waals surface area contributed by atoms with Crippen LogP contribution in [0.1, 0.15) is 55.4 Å². The number of hydrogen-bond acceptors (Lipinski definition) is 2. The number of benzene rings is 4. The second-order valence-corrected chi connectivity index (χ2v) is 6.28. The normalized spacial score (nSPS) is 4.45. The Labute approximate surface area is 1200 Å². The molecule has 0 amide bonds. The molecule has 67 heavy (non-hydrogen) atoms. The van der Waals surface area contributed by atoms with Gasteiger partial charge in [0.1, 0.15) is 0 Å². The maximum absolute atomic E-state index is 3.17. The van der Waals surface area contributed by atoms with Crippen molar-refractivity contribution in [3.05, 3.63) is 121 Å². The third kappa shape index (κ3) is 140. The molecule has 0 saturated carbocycles. The standard InChI is InChI=1S/C13H13N.C13H11N.4C2H6.31Y/c2*1-14(12-8-4-2-5-9-12)13-10-6-3-7-11-13;4*1-2;;;;;;;;;;;;;;;;;;;;;;;;;;;;;;;/h2-11H,1H3;2-8,10H,1H3;4*1-2H3;;;;;;;;;;;;;;;;;;;;;;;;;;;;;;;/q;-2;;;;;;;;;;;;;;;;;;;;;;;;;;;;;;;;;;;. The Morgan fingerprint density at radius 3 is 0.537 bits per heavy atom. The summed E-state index contributed by atoms with van der Waals surface area (Å²) in [5.41, 5.74) is 4.52. The van der Waals surface area contributed by atoms with E-state index < -0.39 is 0 Å². The van der Waals surface area contributed by atoms with Gasteiger partial charge >= 0.3 is 0 Å². The Hall–Kier alpha value is 30.7. The van der Waals surface area contributed by atoms with Crippen LogP contribution in [0.5, 0.6) is 0 Å². The van der Waals surface area contributed by atoms with E-state index in [1.807, 2.05) is 123 Å². The van der Waals surface area contributed by atoms with Crippen LogP contribution < -0.4 is 9.80 Å². The number of rotatable bonds is 4. The first-order valence-electron chi connectivity index (χ1n) is 13.3. The van der Waals surface area contributed by atoms with Crippen LogP contribution in [0.25, 0.3) is 0 Å². The van der Waals surface area contributed by atoms with Gasteiger partial charge in [-0.1, -0.05) is 103 Å². The van der Waals surface area contributed by atoms with Gasteiger partial charge in [-0.25, -0.2) is 0 Å². The van der Waals surface area contributed by atoms with E-state index in [-0.39, 0.29) is 1010 Å². The van der Waals surface area contributed by atoms with Crippen LogP contribution >= 0.6 is 0 Å². The first-order valence-corrected chi connectivity index (χ1v) is 13.3. The maximum atomic E-state index is 3.17. The summed E-state index contributed by atoms with van der Waals surface area (Å²) in [5.74, 6) is 0. The number of hydrogen-bond donors (Lipinski definition) is 0. The van der Waals surface area contributed by atoms with Crippen molar-refractivity contribution < 1.29 is 1010 Å². The topological polar surface area (TPSA) is 6.48 Å². The summed E-state index contributed by atoms with van der Waals surface area (Å²) in [6, 6.07) is 42.8. The third-order valence-corrected chi connectivity index (χ3v) is 4.39. The van der Waals surface area contributed by atoms with Gasteiger partial charge in [0, 0.05) is 1040 Å². The van der Waals surface area contributed by atoms with Gasteiger partial charge in [0.2, 0.25) is 0 Å². The van der Waals surface area contributed by atoms with E-state index in [1.54, 1.807) is 0 Å². The van der Waals surface area contributed by atoms with E-state index >= 15 is 0 Å². The molecule has 0 aliphatic carbocycles. The summed E-state index contributed by atoms with van der Waals surface area (Å²) in [6.45, 7) is 16.0. The van der Waals surface area contributed by atoms with E-state index in [9.17, 15) is 0 Å². The summed E-state index contributed by atoms with van der Waals surface area (Å²) in [5, 5.41) is 0. The largest absolute Gasteiger partial charge is 0.391 e. The van der Waals surface area contributed by atoms with Gasteiger partial charge < -0.3 is 9.80 Å². The maximum Gasteiger partial charge on any atom is 0.0408 e. The Morgan fingerprint density at radius 1 is 0.224 bits per heavy atom. The van der Waals surface area contributed by atoms with Gasteiger partial charge in [-0.2, -0.15) is 48.5 Å². The molecule has 0 heterocycles. The van der Waals surface area contributed by atoms with E-state index in [1.165, 1.54) is 11.4 Å². The van der Waals surface area contributed by atoms with Crippen LogP contribution in [0, 0.1) is 12.1 Å². The number of para-hydroxylation sites is 4. The van der Waals surface area contributed by atoms with Crippen molar-refractivity contribution in [1.82, 2.24) is 0 Å². The molecule has 0 fully saturated rings. The van der Waals surface area contributed by atoms with Crippen LogP contribution in [0.4, 0.5) is 22.7 Å². The average Bonchev–Trinajstić information content (AvgIpc) is 3.02. The molecule has 33 heteroatoms. The molecular formula is C34H48N2Y31-2. The Morgan fingerprint density at radius 2 is 0.388 bits per heavy atom. The second kappa shape index (κ2) is 188. The molecule has 0 saturated heterocycles. The van der Waals surface area contributed by atoms with Crippen molar-refractivity contribution in [2.45, 2.75) is 55.4 Å². The second-order valence-electron chi connectivity index (χ2n) is 6.28. The van der Waals surface area contributed by atoms with Crippen LogP contribution in [0.15, 0.2) is 109 Å². The molecule has 2 nitrogen and oxygen atoms in total. The minimum absolute atomic E-state index is 0. The summed E-state index contributed by atoms with van der Waals surface area (Å²) in [4.78, 5) is 4.22. The predicted octanol–water partition coefficient (Wildman–Crippen LogP) is 10.5. The van der Waals surface area contributed by atoms with E-state index in [0.717, 1.165) is 11.4 Å². The average molecular weight is 3240 g/mol. The molecule has 0 aliphatic heterocycles. The van der Waals surface area contributed by atoms with Crippen molar-refractivity contribution in [3.8, 4) is 0 Å². The minimum atomic E-state index is 0. The number of nitrogens with zero attached hydrogens (tertiary/aromatic N) is 2. The van der Waals surface area contributed by atoms with E-state index in [2.05, 4.69) is 77.5 Å². The summed E-state index contributed by atoms with van der Waals surface area (Å²) < 4.78 is 0. The van der Waals surface area contributed by atoms with Gasteiger partial charge in [-0.15, -0.1) is 12.1 Å². The van der Waals surface area contributed by atoms with Gasteiger partial charge in [-0.3, -0.25) is 0 Å². The molecule has 0 bridgehead atoms. The molecule has 289 valence electrons. The molecular weight excluding hydrogens is 3190 g/mol. The van der Waals surface area contributed by atoms with Gasteiger partial charge in [0.05, 0.1) is 0 Å². The summed E-state index contributed by atoms with van der Waals surface area (Å²) >= 11 is 0. The number of anilines is 4. The molecule has 4 aromatic rings. The van der Waals surface area contributed by atoms with Crippen LogP contribution in [0.3, 0.4) is 0 Å². The van der Waals surface area contributed by atoms with Gasteiger partial charge in [0.25, 0.3) is 0 Å². The molecule has 4 rings (SSSR count). The van der Waals surface area contributed by atoms with Gasteiger partial charge in [0.15, 0.2) is 0 Å². The zero-order valence-corrected chi connectivity index (χ0v) is 130. The summed E-state index contributed by atoms with van der Waals surface area (Å²) in [6.07, 6.45) is 0. The first-order chi connectivity index (χ1) is 17.8. The Kier molecular flexibility index (Phi) is 611. The predicted molar refractivity (Wildman–Crippen MR) is 165 cm³/mol. The zero-order valence-electron chi connectivity index (χ0n) is 42.2. The molecule has 0 atom stereocenters. The fourth-order valence-electron chi connectivity index (χ4n) is 2.77. The Bertz CT molecular complexity index is 830.